The van der Waals surface area contributed by atoms with Gasteiger partial charge in [0.2, 0.25) is 0 Å². The van der Waals surface area contributed by atoms with Crippen molar-refractivity contribution in [3.05, 3.63) is 17.5 Å². The van der Waals surface area contributed by atoms with Gasteiger partial charge in [-0.15, -0.1) is 0 Å². The van der Waals surface area contributed by atoms with Crippen molar-refractivity contribution in [3.63, 3.8) is 0 Å². The lowest BCUT2D eigenvalue weighted by atomic mass is 10.0. The van der Waals surface area contributed by atoms with Crippen LogP contribution in [-0.2, 0) is 6.42 Å². The zero-order valence-corrected chi connectivity index (χ0v) is 6.05. The summed E-state index contributed by atoms with van der Waals surface area (Å²) < 4.78 is 0. The molecule has 0 radical (unpaired) electrons. The lowest BCUT2D eigenvalue weighted by molar-refractivity contribution is 0.0918. The Morgan fingerprint density at radius 3 is 3.00 bits per heavy atom. The number of H-pyrrole nitrogens is 1. The highest BCUT2D eigenvalue weighted by molar-refractivity contribution is 6.05. The lowest BCUT2D eigenvalue weighted by Crippen LogP contribution is -2.09. The topological polar surface area (TPSA) is 45.8 Å². The van der Waals surface area contributed by atoms with Gasteiger partial charge in [0, 0.05) is 17.5 Å². The number of ketones is 1. The van der Waals surface area contributed by atoms with E-state index in [0.717, 1.165) is 30.5 Å². The molecule has 0 saturated heterocycles. The van der Waals surface area contributed by atoms with Gasteiger partial charge in [0.15, 0.2) is 5.78 Å². The van der Waals surface area contributed by atoms with E-state index in [1.54, 1.807) is 6.20 Å². The maximum atomic E-state index is 11.6. The molecule has 0 aromatic carbocycles. The molecule has 2 aliphatic rings. The summed E-state index contributed by atoms with van der Waals surface area (Å²) in [5.74, 6) is 0.321. The van der Waals surface area contributed by atoms with Crippen molar-refractivity contribution in [1.29, 1.82) is 0 Å². The van der Waals surface area contributed by atoms with Crippen LogP contribution in [0.3, 0.4) is 0 Å². The molecule has 3 heteroatoms. The molecule has 1 fully saturated rings. The fourth-order valence-corrected chi connectivity index (χ4v) is 1.90. The minimum atomic E-state index is 0.0319. The highest BCUT2D eigenvalue weighted by Gasteiger charge is 2.55. The van der Waals surface area contributed by atoms with E-state index in [4.69, 9.17) is 0 Å². The second kappa shape index (κ2) is 1.40. The number of carbonyl (C=O) groups excluding carboxylic acids is 1. The monoisotopic (exact) mass is 148 g/mol. The molecule has 1 aromatic rings. The van der Waals surface area contributed by atoms with Crippen LogP contribution >= 0.6 is 0 Å². The molecule has 0 atom stereocenters. The number of rotatable bonds is 0. The largest absolute Gasteiger partial charge is 0.293 e. The van der Waals surface area contributed by atoms with Gasteiger partial charge in [-0.25, -0.2) is 0 Å². The van der Waals surface area contributed by atoms with Crippen molar-refractivity contribution in [2.24, 2.45) is 5.41 Å². The lowest BCUT2D eigenvalue weighted by Gasteiger charge is -1.99. The molecule has 0 amide bonds. The van der Waals surface area contributed by atoms with E-state index in [1.807, 2.05) is 0 Å². The van der Waals surface area contributed by atoms with Gasteiger partial charge in [0.1, 0.15) is 0 Å². The predicted molar refractivity (Wildman–Crippen MR) is 38.3 cm³/mol. The molecule has 0 bridgehead atoms. The molecule has 11 heavy (non-hydrogen) atoms. The quantitative estimate of drug-likeness (QED) is 0.594. The van der Waals surface area contributed by atoms with Crippen LogP contribution < -0.4 is 0 Å². The Kier molecular flexibility index (Phi) is 0.700. The number of aromatic nitrogens is 2. The van der Waals surface area contributed by atoms with Crippen LogP contribution in [0.15, 0.2) is 6.20 Å². The fourth-order valence-electron chi connectivity index (χ4n) is 1.90. The number of nitrogens with zero attached hydrogens (tertiary/aromatic N) is 1. The summed E-state index contributed by atoms with van der Waals surface area (Å²) in [5, 5.41) is 6.71. The minimum Gasteiger partial charge on any atom is -0.293 e. The predicted octanol–water partition coefficient (Wildman–Crippen LogP) is 0.929. The number of Topliss-reactive ketones (excluding diaryl/α,β-unsaturated/α-hetero) is 1. The zero-order valence-electron chi connectivity index (χ0n) is 6.05. The maximum Gasteiger partial charge on any atom is 0.172 e. The molecule has 56 valence electrons. The SMILES string of the molecule is O=C1c2cn[nH]c2CC12CC2. The molecule has 0 unspecified atom stereocenters. The van der Waals surface area contributed by atoms with Crippen molar-refractivity contribution >= 4 is 5.78 Å². The highest BCUT2D eigenvalue weighted by atomic mass is 16.1. The van der Waals surface area contributed by atoms with Crippen LogP contribution in [0.2, 0.25) is 0 Å². The van der Waals surface area contributed by atoms with Crippen LogP contribution in [0.1, 0.15) is 28.9 Å². The third-order valence-electron chi connectivity index (χ3n) is 2.81. The molecular weight excluding hydrogens is 140 g/mol. The van der Waals surface area contributed by atoms with E-state index in [1.165, 1.54) is 0 Å². The number of hydrogen-bond acceptors (Lipinski definition) is 2. The molecule has 1 aromatic heterocycles. The number of fused-ring (bicyclic) bond motifs is 1. The first-order chi connectivity index (χ1) is 5.32. The Morgan fingerprint density at radius 1 is 1.55 bits per heavy atom. The summed E-state index contributed by atoms with van der Waals surface area (Å²) >= 11 is 0. The minimum absolute atomic E-state index is 0.0319. The normalized spacial score (nSPS) is 24.2. The van der Waals surface area contributed by atoms with E-state index in [0.29, 0.717) is 5.78 Å². The van der Waals surface area contributed by atoms with Gasteiger partial charge in [-0.05, 0) is 12.8 Å². The van der Waals surface area contributed by atoms with Gasteiger partial charge < -0.3 is 0 Å². The average molecular weight is 148 g/mol. The van der Waals surface area contributed by atoms with Gasteiger partial charge in [0.25, 0.3) is 0 Å². The third kappa shape index (κ3) is 0.504. The molecule has 1 heterocycles. The van der Waals surface area contributed by atoms with Crippen molar-refractivity contribution in [3.8, 4) is 0 Å². The summed E-state index contributed by atoms with van der Waals surface area (Å²) in [6, 6.07) is 0. The summed E-state index contributed by atoms with van der Waals surface area (Å²) in [5.41, 5.74) is 1.92. The van der Waals surface area contributed by atoms with E-state index >= 15 is 0 Å². The molecule has 2 aliphatic carbocycles. The number of nitrogens with one attached hydrogen (secondary N) is 1. The van der Waals surface area contributed by atoms with Gasteiger partial charge in [-0.2, -0.15) is 5.10 Å². The number of aromatic amines is 1. The van der Waals surface area contributed by atoms with Gasteiger partial charge in [-0.1, -0.05) is 0 Å². The maximum absolute atomic E-state index is 11.6. The summed E-state index contributed by atoms with van der Waals surface area (Å²) in [6.45, 7) is 0. The van der Waals surface area contributed by atoms with Gasteiger partial charge in [0.05, 0.1) is 11.8 Å². The molecular formula is C8H8N2O. The number of hydrogen-bond donors (Lipinski definition) is 1. The van der Waals surface area contributed by atoms with Gasteiger partial charge >= 0.3 is 0 Å². The van der Waals surface area contributed by atoms with Crippen molar-refractivity contribution < 1.29 is 4.79 Å². The zero-order chi connectivity index (χ0) is 7.47. The number of carbonyl (C=O) groups is 1. The second-order valence-corrected chi connectivity index (χ2v) is 3.55. The Labute approximate surface area is 63.8 Å². The molecule has 1 saturated carbocycles. The summed E-state index contributed by atoms with van der Waals surface area (Å²) in [7, 11) is 0. The molecule has 1 spiro atoms. The standard InChI is InChI=1S/C8H8N2O/c11-7-5-4-9-10-6(5)3-8(7)1-2-8/h4H,1-3H2,(H,9,10). The highest BCUT2D eigenvalue weighted by Crippen LogP contribution is 2.54. The first-order valence-electron chi connectivity index (χ1n) is 3.89. The van der Waals surface area contributed by atoms with E-state index in [-0.39, 0.29) is 5.41 Å². The van der Waals surface area contributed by atoms with Crippen LogP contribution in [0.25, 0.3) is 0 Å². The van der Waals surface area contributed by atoms with Crippen LogP contribution in [0, 0.1) is 5.41 Å². The molecule has 1 N–H and O–H groups in total. The van der Waals surface area contributed by atoms with Gasteiger partial charge in [-0.3, -0.25) is 9.89 Å². The van der Waals surface area contributed by atoms with Crippen molar-refractivity contribution in [2.75, 3.05) is 0 Å². The Balaban J connectivity index is 2.19. The fraction of sp³-hybridized carbons (Fsp3) is 0.500. The third-order valence-corrected chi connectivity index (χ3v) is 2.81. The second-order valence-electron chi connectivity index (χ2n) is 3.55. The first-order valence-corrected chi connectivity index (χ1v) is 3.89. The van der Waals surface area contributed by atoms with Crippen LogP contribution in [0.4, 0.5) is 0 Å². The molecule has 0 aliphatic heterocycles. The van der Waals surface area contributed by atoms with Crippen molar-refractivity contribution in [1.82, 2.24) is 10.2 Å². The van der Waals surface area contributed by atoms with Crippen LogP contribution in [0.5, 0.6) is 0 Å². The Hall–Kier alpha value is -1.12. The first kappa shape index (κ1) is 5.52. The van der Waals surface area contributed by atoms with E-state index in [9.17, 15) is 4.79 Å². The molecule has 3 rings (SSSR count). The average Bonchev–Trinajstić information content (AvgIpc) is 2.53. The summed E-state index contributed by atoms with van der Waals surface area (Å²) in [4.78, 5) is 11.6. The van der Waals surface area contributed by atoms with E-state index < -0.39 is 0 Å². The smallest absolute Gasteiger partial charge is 0.172 e. The van der Waals surface area contributed by atoms with E-state index in [2.05, 4.69) is 10.2 Å². The van der Waals surface area contributed by atoms with Crippen molar-refractivity contribution in [2.45, 2.75) is 19.3 Å². The van der Waals surface area contributed by atoms with Crippen LogP contribution in [-0.4, -0.2) is 16.0 Å². The molecule has 3 nitrogen and oxygen atoms in total. The summed E-state index contributed by atoms with van der Waals surface area (Å²) in [6.07, 6.45) is 4.72. The Bertz CT molecular complexity index is 336. The Morgan fingerprint density at radius 2 is 2.36 bits per heavy atom.